The molecular weight excluding hydrogens is 328 g/mol. The molecule has 138 valence electrons. The molecule has 1 aliphatic heterocycles. The number of nitrogens with one attached hydrogen (secondary N) is 1. The number of carbonyl (C=O) groups excluding carboxylic acids is 1. The van der Waals surface area contributed by atoms with Gasteiger partial charge in [0.05, 0.1) is 7.11 Å². The summed E-state index contributed by atoms with van der Waals surface area (Å²) in [5, 5.41) is 2.94. The summed E-state index contributed by atoms with van der Waals surface area (Å²) in [4.78, 5) is 23.5. The number of ether oxygens (including phenoxy) is 1. The monoisotopic (exact) mass is 354 g/mol. The molecule has 0 atom stereocenters. The lowest BCUT2D eigenvalue weighted by molar-refractivity contribution is 0.0949. The molecule has 0 spiro atoms. The summed E-state index contributed by atoms with van der Waals surface area (Å²) < 4.78 is 5.34. The molecule has 0 saturated carbocycles. The average molecular weight is 354 g/mol. The summed E-state index contributed by atoms with van der Waals surface area (Å²) in [7, 11) is 1.66. The molecule has 0 bridgehead atoms. The van der Waals surface area contributed by atoms with Crippen LogP contribution in [0.3, 0.4) is 0 Å². The third-order valence-corrected chi connectivity index (χ3v) is 4.64. The zero-order chi connectivity index (χ0) is 18.2. The molecule has 1 N–H and O–H groups in total. The smallest absolute Gasteiger partial charge is 0.270 e. The largest absolute Gasteiger partial charge is 0.496 e. The van der Waals surface area contributed by atoms with Crippen molar-refractivity contribution in [2.45, 2.75) is 32.1 Å². The quantitative estimate of drug-likeness (QED) is 0.864. The van der Waals surface area contributed by atoms with Crippen LogP contribution < -0.4 is 15.0 Å². The summed E-state index contributed by atoms with van der Waals surface area (Å²) in [6.45, 7) is 2.44. The minimum atomic E-state index is -0.168. The Bertz CT molecular complexity index is 727. The Hall–Kier alpha value is -2.63. The molecule has 1 fully saturated rings. The van der Waals surface area contributed by atoms with E-state index in [1.165, 1.54) is 12.8 Å². The topological polar surface area (TPSA) is 67.3 Å². The van der Waals surface area contributed by atoms with Gasteiger partial charge >= 0.3 is 0 Å². The van der Waals surface area contributed by atoms with Gasteiger partial charge in [-0.3, -0.25) is 4.79 Å². The lowest BCUT2D eigenvalue weighted by Crippen LogP contribution is -2.29. The first-order chi connectivity index (χ1) is 12.8. The summed E-state index contributed by atoms with van der Waals surface area (Å²) in [5.41, 5.74) is 1.49. The second kappa shape index (κ2) is 9.17. The van der Waals surface area contributed by atoms with Crippen LogP contribution in [0.4, 0.5) is 5.95 Å². The maximum absolute atomic E-state index is 12.4. The second-order valence-electron chi connectivity index (χ2n) is 6.46. The summed E-state index contributed by atoms with van der Waals surface area (Å²) in [5.74, 6) is 1.33. The zero-order valence-corrected chi connectivity index (χ0v) is 15.3. The van der Waals surface area contributed by atoms with Gasteiger partial charge in [0.2, 0.25) is 5.95 Å². The first kappa shape index (κ1) is 18.2. The fourth-order valence-electron chi connectivity index (χ4n) is 3.21. The van der Waals surface area contributed by atoms with E-state index in [1.54, 1.807) is 19.4 Å². The van der Waals surface area contributed by atoms with E-state index in [2.05, 4.69) is 20.2 Å². The van der Waals surface area contributed by atoms with E-state index in [4.69, 9.17) is 4.74 Å². The molecule has 1 aromatic heterocycles. The maximum atomic E-state index is 12.4. The molecule has 0 radical (unpaired) electrons. The lowest BCUT2D eigenvalue weighted by atomic mass is 10.1. The second-order valence-corrected chi connectivity index (χ2v) is 6.46. The van der Waals surface area contributed by atoms with Crippen LogP contribution in [-0.2, 0) is 6.42 Å². The van der Waals surface area contributed by atoms with E-state index >= 15 is 0 Å². The van der Waals surface area contributed by atoms with Gasteiger partial charge in [0.15, 0.2) is 0 Å². The maximum Gasteiger partial charge on any atom is 0.270 e. The Morgan fingerprint density at radius 1 is 1.15 bits per heavy atom. The van der Waals surface area contributed by atoms with E-state index in [0.717, 1.165) is 37.2 Å². The van der Waals surface area contributed by atoms with Crippen molar-refractivity contribution in [1.82, 2.24) is 15.3 Å². The third kappa shape index (κ3) is 4.71. The highest BCUT2D eigenvalue weighted by Crippen LogP contribution is 2.17. The van der Waals surface area contributed by atoms with E-state index in [-0.39, 0.29) is 5.91 Å². The van der Waals surface area contributed by atoms with Crippen LogP contribution in [0.5, 0.6) is 5.75 Å². The van der Waals surface area contributed by atoms with Crippen molar-refractivity contribution in [3.05, 3.63) is 47.8 Å². The number of benzene rings is 1. The summed E-state index contributed by atoms with van der Waals surface area (Å²) in [6.07, 6.45) is 7.18. The number of hydrogen-bond donors (Lipinski definition) is 1. The van der Waals surface area contributed by atoms with Crippen molar-refractivity contribution in [2.24, 2.45) is 0 Å². The highest BCUT2D eigenvalue weighted by molar-refractivity contribution is 5.92. The number of nitrogens with zero attached hydrogens (tertiary/aromatic N) is 3. The van der Waals surface area contributed by atoms with Gasteiger partial charge in [-0.15, -0.1) is 0 Å². The number of methoxy groups -OCH3 is 1. The molecule has 0 unspecified atom stereocenters. The molecule has 1 aliphatic rings. The average Bonchev–Trinajstić information content (AvgIpc) is 2.98. The fraction of sp³-hybridized carbons (Fsp3) is 0.450. The highest BCUT2D eigenvalue weighted by Gasteiger charge is 2.15. The Labute approximate surface area is 154 Å². The molecule has 26 heavy (non-hydrogen) atoms. The standard InChI is InChI=1S/C20H26N4O2/c1-26-18-9-5-4-8-16(18)10-12-21-19(25)17-11-13-22-20(23-17)24-14-6-2-3-7-15-24/h4-5,8-9,11,13H,2-3,6-7,10,12,14-15H2,1H3,(H,21,25). The van der Waals surface area contributed by atoms with Gasteiger partial charge in [0, 0.05) is 25.8 Å². The molecule has 6 heteroatoms. The van der Waals surface area contributed by atoms with Gasteiger partial charge < -0.3 is 15.0 Å². The number of rotatable bonds is 6. The molecule has 2 aromatic rings. The van der Waals surface area contributed by atoms with Gasteiger partial charge in [-0.05, 0) is 37.0 Å². The van der Waals surface area contributed by atoms with Crippen LogP contribution in [0.2, 0.25) is 0 Å². The van der Waals surface area contributed by atoms with Crippen molar-refractivity contribution >= 4 is 11.9 Å². The lowest BCUT2D eigenvalue weighted by Gasteiger charge is -2.20. The van der Waals surface area contributed by atoms with Gasteiger partial charge in [-0.2, -0.15) is 0 Å². The summed E-state index contributed by atoms with van der Waals surface area (Å²) in [6, 6.07) is 9.51. The van der Waals surface area contributed by atoms with Crippen LogP contribution in [0.1, 0.15) is 41.7 Å². The van der Waals surface area contributed by atoms with Crippen LogP contribution in [0.15, 0.2) is 36.5 Å². The third-order valence-electron chi connectivity index (χ3n) is 4.64. The molecule has 0 aliphatic carbocycles. The van der Waals surface area contributed by atoms with Crippen LogP contribution in [0, 0.1) is 0 Å². The van der Waals surface area contributed by atoms with Crippen molar-refractivity contribution < 1.29 is 9.53 Å². The minimum absolute atomic E-state index is 0.168. The van der Waals surface area contributed by atoms with Crippen molar-refractivity contribution in [3.63, 3.8) is 0 Å². The Kier molecular flexibility index (Phi) is 6.41. The predicted molar refractivity (Wildman–Crippen MR) is 102 cm³/mol. The van der Waals surface area contributed by atoms with E-state index in [9.17, 15) is 4.79 Å². The molecule has 1 aromatic carbocycles. The number of para-hydroxylation sites is 1. The van der Waals surface area contributed by atoms with Crippen LogP contribution in [-0.4, -0.2) is 42.6 Å². The van der Waals surface area contributed by atoms with Crippen LogP contribution in [0.25, 0.3) is 0 Å². The van der Waals surface area contributed by atoms with E-state index < -0.39 is 0 Å². The number of hydrogen-bond acceptors (Lipinski definition) is 5. The Morgan fingerprint density at radius 3 is 2.69 bits per heavy atom. The number of aromatic nitrogens is 2. The van der Waals surface area contributed by atoms with Gasteiger partial charge in [0.25, 0.3) is 5.91 Å². The van der Waals surface area contributed by atoms with Gasteiger partial charge in [0.1, 0.15) is 11.4 Å². The SMILES string of the molecule is COc1ccccc1CCNC(=O)c1ccnc(N2CCCCCC2)n1. The number of carbonyl (C=O) groups is 1. The molecule has 1 amide bonds. The normalized spacial score (nSPS) is 14.6. The fourth-order valence-corrected chi connectivity index (χ4v) is 3.21. The molecule has 2 heterocycles. The van der Waals surface area contributed by atoms with Crippen molar-refractivity contribution in [2.75, 3.05) is 31.6 Å². The number of anilines is 1. The van der Waals surface area contributed by atoms with Gasteiger partial charge in [-0.25, -0.2) is 9.97 Å². The van der Waals surface area contributed by atoms with Gasteiger partial charge in [-0.1, -0.05) is 31.0 Å². The number of amides is 1. The molecule has 3 rings (SSSR count). The first-order valence-electron chi connectivity index (χ1n) is 9.26. The molecule has 6 nitrogen and oxygen atoms in total. The zero-order valence-electron chi connectivity index (χ0n) is 15.3. The van der Waals surface area contributed by atoms with E-state index in [1.807, 2.05) is 24.3 Å². The minimum Gasteiger partial charge on any atom is -0.496 e. The Balaban J connectivity index is 1.58. The molecular formula is C20H26N4O2. The first-order valence-corrected chi connectivity index (χ1v) is 9.26. The van der Waals surface area contributed by atoms with Crippen molar-refractivity contribution in [1.29, 1.82) is 0 Å². The van der Waals surface area contributed by atoms with Crippen LogP contribution >= 0.6 is 0 Å². The van der Waals surface area contributed by atoms with Crippen molar-refractivity contribution in [3.8, 4) is 5.75 Å². The highest BCUT2D eigenvalue weighted by atomic mass is 16.5. The molecule has 1 saturated heterocycles. The Morgan fingerprint density at radius 2 is 1.92 bits per heavy atom. The summed E-state index contributed by atoms with van der Waals surface area (Å²) >= 11 is 0. The predicted octanol–water partition coefficient (Wildman–Crippen LogP) is 2.84. The van der Waals surface area contributed by atoms with E-state index in [0.29, 0.717) is 24.6 Å².